The number of anilines is 3. The first kappa shape index (κ1) is 46.3. The number of ether oxygens (including phenoxy) is 8. The zero-order valence-corrected chi connectivity index (χ0v) is 38.1. The van der Waals surface area contributed by atoms with Crippen LogP contribution in [0.25, 0.3) is 5.57 Å². The minimum atomic E-state index is -0.742. The first-order valence-corrected chi connectivity index (χ1v) is 21.1. The van der Waals surface area contributed by atoms with Crippen molar-refractivity contribution in [3.63, 3.8) is 0 Å². The Labute approximate surface area is 370 Å². The number of nitrogens with zero attached hydrogens (tertiary/aromatic N) is 3. The van der Waals surface area contributed by atoms with E-state index in [0.29, 0.717) is 52.2 Å². The van der Waals surface area contributed by atoms with Crippen LogP contribution in [-0.4, -0.2) is 131 Å². The third kappa shape index (κ3) is 11.6. The summed E-state index contributed by atoms with van der Waals surface area (Å²) in [6.07, 6.45) is 6.31. The van der Waals surface area contributed by atoms with E-state index in [4.69, 9.17) is 37.9 Å². The smallest absolute Gasteiger partial charge is 0.344 e. The minimum absolute atomic E-state index is 0.0178. The number of esters is 3. The second-order valence-corrected chi connectivity index (χ2v) is 16.9. The van der Waals surface area contributed by atoms with E-state index in [9.17, 15) is 14.4 Å². The van der Waals surface area contributed by atoms with Crippen LogP contribution in [-0.2, 0) is 33.3 Å². The van der Waals surface area contributed by atoms with E-state index in [1.165, 1.54) is 19.1 Å². The highest BCUT2D eigenvalue weighted by Gasteiger charge is 2.33. The van der Waals surface area contributed by atoms with Gasteiger partial charge in [0, 0.05) is 73.4 Å². The first-order chi connectivity index (χ1) is 30.0. The molecule has 15 heteroatoms. The molecular formula is C48H61N4O11+. The molecule has 1 N–H and O–H groups in total. The molecule has 0 radical (unpaired) electrons. The van der Waals surface area contributed by atoms with Gasteiger partial charge >= 0.3 is 17.9 Å². The molecule has 0 amide bonds. The first-order valence-electron chi connectivity index (χ1n) is 21.1. The molecule has 2 heterocycles. The van der Waals surface area contributed by atoms with E-state index in [-0.39, 0.29) is 52.1 Å². The fraction of sp³-hybridized carbons (Fsp3) is 0.438. The van der Waals surface area contributed by atoms with Crippen molar-refractivity contribution in [1.29, 1.82) is 0 Å². The van der Waals surface area contributed by atoms with E-state index in [0.717, 1.165) is 28.0 Å². The average molecular weight is 870 g/mol. The molecule has 63 heavy (non-hydrogen) atoms. The predicted octanol–water partition coefficient (Wildman–Crippen LogP) is 4.39. The maximum absolute atomic E-state index is 13.3. The van der Waals surface area contributed by atoms with Crippen LogP contribution < -0.4 is 38.5 Å². The Hall–Kier alpha value is -6.19. The number of carbonyl (C=O) groups is 3. The molecule has 0 aromatic heterocycles. The van der Waals surface area contributed by atoms with Gasteiger partial charge in [0.15, 0.2) is 6.61 Å². The van der Waals surface area contributed by atoms with Gasteiger partial charge in [-0.3, -0.25) is 9.59 Å². The Morgan fingerprint density at radius 2 is 1.44 bits per heavy atom. The molecule has 0 fully saturated rings. The van der Waals surface area contributed by atoms with Gasteiger partial charge in [-0.25, -0.2) is 4.79 Å². The Balaban J connectivity index is 1.52. The summed E-state index contributed by atoms with van der Waals surface area (Å²) >= 11 is 0. The third-order valence-electron chi connectivity index (χ3n) is 10.6. The van der Waals surface area contributed by atoms with Crippen molar-refractivity contribution in [2.24, 2.45) is 0 Å². The Morgan fingerprint density at radius 1 is 0.794 bits per heavy atom. The van der Waals surface area contributed by atoms with Crippen LogP contribution in [0.2, 0.25) is 0 Å². The number of hydrogen-bond donors (Lipinski definition) is 1. The maximum atomic E-state index is 13.3. The van der Waals surface area contributed by atoms with Crippen LogP contribution in [0.15, 0.2) is 78.1 Å². The number of allylic oxidation sites excluding steroid dienone is 1. The Bertz CT molecular complexity index is 2260. The number of likely N-dealkylation sites (N-methyl/N-ethyl adjacent to an activating group) is 1. The van der Waals surface area contributed by atoms with E-state index < -0.39 is 30.1 Å². The fourth-order valence-electron chi connectivity index (χ4n) is 7.38. The van der Waals surface area contributed by atoms with Crippen molar-refractivity contribution in [3.05, 3.63) is 94.8 Å². The molecule has 0 bridgehead atoms. The largest absolute Gasteiger partial charge is 0.488 e. The quantitative estimate of drug-likeness (QED) is 0.228. The van der Waals surface area contributed by atoms with Crippen molar-refractivity contribution in [2.45, 2.75) is 39.3 Å². The summed E-state index contributed by atoms with van der Waals surface area (Å²) in [7, 11) is 10.8. The summed E-state index contributed by atoms with van der Waals surface area (Å²) < 4.78 is 48.3. The zero-order valence-electron chi connectivity index (χ0n) is 38.1. The van der Waals surface area contributed by atoms with E-state index in [1.807, 2.05) is 73.3 Å². The number of quaternary nitrogens is 1. The monoisotopic (exact) mass is 869 g/mol. The van der Waals surface area contributed by atoms with E-state index >= 15 is 0 Å². The van der Waals surface area contributed by atoms with Crippen LogP contribution >= 0.6 is 0 Å². The molecule has 2 aliphatic heterocycles. The van der Waals surface area contributed by atoms with Gasteiger partial charge in [-0.1, -0.05) is 6.07 Å². The van der Waals surface area contributed by atoms with Gasteiger partial charge < -0.3 is 57.5 Å². The lowest BCUT2D eigenvalue weighted by Gasteiger charge is -2.31. The number of benzene rings is 3. The molecule has 0 saturated carbocycles. The van der Waals surface area contributed by atoms with Crippen molar-refractivity contribution < 1.29 is 57.2 Å². The highest BCUT2D eigenvalue weighted by molar-refractivity contribution is 5.94. The molecule has 6 rings (SSSR count). The molecule has 15 nitrogen and oxygen atoms in total. The van der Waals surface area contributed by atoms with E-state index in [1.54, 1.807) is 31.7 Å². The summed E-state index contributed by atoms with van der Waals surface area (Å²) in [4.78, 5) is 45.8. The molecular weight excluding hydrogens is 809 g/mol. The molecule has 1 aliphatic carbocycles. The van der Waals surface area contributed by atoms with Crippen molar-refractivity contribution in [1.82, 2.24) is 0 Å². The number of aryl methyl sites for hydroxylation is 1. The topological polar surface area (TPSA) is 139 Å². The van der Waals surface area contributed by atoms with Gasteiger partial charge in [-0.05, 0) is 75.7 Å². The van der Waals surface area contributed by atoms with Crippen LogP contribution in [0.3, 0.4) is 0 Å². The fourth-order valence-corrected chi connectivity index (χ4v) is 7.38. The van der Waals surface area contributed by atoms with Gasteiger partial charge in [0.2, 0.25) is 0 Å². The second kappa shape index (κ2) is 20.3. The Morgan fingerprint density at radius 3 is 2.06 bits per heavy atom. The zero-order chi connectivity index (χ0) is 45.4. The van der Waals surface area contributed by atoms with Gasteiger partial charge in [-0.15, -0.1) is 0 Å². The van der Waals surface area contributed by atoms with E-state index in [2.05, 4.69) is 32.3 Å². The lowest BCUT2D eigenvalue weighted by molar-refractivity contribution is -0.871. The molecule has 1 unspecified atom stereocenters. The minimum Gasteiger partial charge on any atom is -0.488 e. The number of hydrogen-bond acceptors (Lipinski definition) is 14. The molecule has 3 aliphatic rings. The normalized spacial score (nSPS) is 16.6. The van der Waals surface area contributed by atoms with Gasteiger partial charge in [-0.2, -0.15) is 0 Å². The molecule has 3 aromatic rings. The lowest BCUT2D eigenvalue weighted by atomic mass is 9.86. The van der Waals surface area contributed by atoms with Crippen LogP contribution in [0, 0.1) is 6.92 Å². The van der Waals surface area contributed by atoms with Crippen molar-refractivity contribution in [2.75, 3.05) is 116 Å². The Kier molecular flexibility index (Phi) is 14.9. The number of rotatable bonds is 10. The van der Waals surface area contributed by atoms with Gasteiger partial charge in [0.25, 0.3) is 0 Å². The number of carbonyl (C=O) groups excluding carboxylic acids is 3. The molecule has 0 spiro atoms. The number of methoxy groups -OCH3 is 2. The van der Waals surface area contributed by atoms with Crippen LogP contribution in [0.1, 0.15) is 37.5 Å². The summed E-state index contributed by atoms with van der Waals surface area (Å²) in [5.74, 6) is 1.22. The summed E-state index contributed by atoms with van der Waals surface area (Å²) in [5.41, 5.74) is 5.43. The molecule has 3 aromatic carbocycles. The molecule has 0 saturated heterocycles. The SMILES string of the molecule is COC(=O)CN1CCOCCN(CC(=O)OC)c2cc(OCC(=O)OC(C)(C)C)c(C3=C4C=CC([NH+](C)C)C=C4Oc4cc(N(C)C)ccc43)cc2OCCOc2cc(C)ccc21. The summed E-state index contributed by atoms with van der Waals surface area (Å²) in [6.45, 7) is 8.05. The average Bonchev–Trinajstić information content (AvgIpc) is 3.24. The van der Waals surface area contributed by atoms with Crippen LogP contribution in [0.4, 0.5) is 17.1 Å². The lowest BCUT2D eigenvalue weighted by Crippen LogP contribution is -3.09. The molecule has 338 valence electrons. The number of nitrogens with one attached hydrogen (secondary N) is 1. The van der Waals surface area contributed by atoms with Crippen LogP contribution in [0.5, 0.6) is 23.0 Å². The van der Waals surface area contributed by atoms with Gasteiger partial charge in [0.05, 0.1) is 52.9 Å². The highest BCUT2D eigenvalue weighted by atomic mass is 16.6. The van der Waals surface area contributed by atoms with Gasteiger partial charge in [0.1, 0.15) is 66.7 Å². The third-order valence-corrected chi connectivity index (χ3v) is 10.6. The number of fused-ring (bicyclic) bond motifs is 4. The second-order valence-electron chi connectivity index (χ2n) is 16.9. The standard InChI is InChI=1S/C48H60N4O11/c1-31-11-16-37-42(23-31)59-21-22-60-43-26-36(47-34-14-12-32(49(5)6)24-40(34)62-41-25-33(50(7)8)13-15-35(41)47)39(61-30-46(55)63-48(2,3)4)27-38(43)52(29-45(54)57-10)18-20-58-19-17-51(37)28-44(53)56-9/h11-16,23-27,32H,17-22,28-30H2,1-10H3/p+1. The maximum Gasteiger partial charge on any atom is 0.344 e. The summed E-state index contributed by atoms with van der Waals surface area (Å²) in [6, 6.07) is 15.6. The van der Waals surface area contributed by atoms with Crippen molar-refractivity contribution >= 4 is 40.5 Å². The predicted molar refractivity (Wildman–Crippen MR) is 240 cm³/mol. The van der Waals surface area contributed by atoms with Crippen molar-refractivity contribution in [3.8, 4) is 23.0 Å². The highest BCUT2D eigenvalue weighted by Crippen LogP contribution is 2.49. The molecule has 1 atom stereocenters. The summed E-state index contributed by atoms with van der Waals surface area (Å²) in [5, 5.41) is 0.